The molecular formula is C36H43F2N3. The number of aryl methyl sites for hydroxylation is 1. The molecule has 0 fully saturated rings. The Morgan fingerprint density at radius 1 is 1.05 bits per heavy atom. The molecule has 0 spiro atoms. The average Bonchev–Trinajstić information content (AvgIpc) is 3.19. The molecule has 0 amide bonds. The Labute approximate surface area is 244 Å². The Bertz CT molecular complexity index is 1480. The zero-order chi connectivity index (χ0) is 29.4. The number of rotatable bonds is 11. The quantitative estimate of drug-likeness (QED) is 0.240. The van der Waals surface area contributed by atoms with Crippen molar-refractivity contribution in [2.24, 2.45) is 11.8 Å². The van der Waals surface area contributed by atoms with Crippen molar-refractivity contribution in [2.75, 3.05) is 19.9 Å². The SMILES string of the molecule is CCCC#Cc1c(-c2ccc(CCNC(CC)C(CF)CF)cn2)n(C2=CC=CC=C(C)C2C)c2ccc(C)cc12. The van der Waals surface area contributed by atoms with E-state index in [0.717, 1.165) is 52.7 Å². The van der Waals surface area contributed by atoms with Crippen LogP contribution in [0.4, 0.5) is 8.78 Å². The van der Waals surface area contributed by atoms with Gasteiger partial charge in [0, 0.05) is 41.6 Å². The molecule has 1 N–H and O–H groups in total. The number of benzene rings is 1. The summed E-state index contributed by atoms with van der Waals surface area (Å²) in [5.74, 6) is 6.55. The third-order valence-corrected chi connectivity index (χ3v) is 8.13. The minimum absolute atomic E-state index is 0.165. The number of pyridine rings is 1. The average molecular weight is 556 g/mol. The van der Waals surface area contributed by atoms with Crippen LogP contribution in [0.2, 0.25) is 0 Å². The summed E-state index contributed by atoms with van der Waals surface area (Å²) >= 11 is 0. The summed E-state index contributed by atoms with van der Waals surface area (Å²) in [6.07, 6.45) is 13.8. The van der Waals surface area contributed by atoms with Gasteiger partial charge in [0.05, 0.1) is 35.8 Å². The molecule has 5 heteroatoms. The summed E-state index contributed by atoms with van der Waals surface area (Å²) in [7, 11) is 0. The summed E-state index contributed by atoms with van der Waals surface area (Å²) in [6, 6.07) is 10.6. The first-order valence-electron chi connectivity index (χ1n) is 14.9. The van der Waals surface area contributed by atoms with Gasteiger partial charge in [-0.3, -0.25) is 13.8 Å². The molecule has 3 nitrogen and oxygen atoms in total. The molecule has 216 valence electrons. The molecule has 2 unspecified atom stereocenters. The molecule has 2 aromatic heterocycles. The van der Waals surface area contributed by atoms with E-state index in [2.05, 4.69) is 104 Å². The van der Waals surface area contributed by atoms with Gasteiger partial charge in [-0.05, 0) is 69.5 Å². The number of unbranched alkanes of at least 4 members (excludes halogenated alkanes) is 1. The van der Waals surface area contributed by atoms with E-state index in [-0.39, 0.29) is 12.0 Å². The molecule has 0 aliphatic heterocycles. The normalized spacial score (nSPS) is 15.9. The van der Waals surface area contributed by atoms with Crippen molar-refractivity contribution in [2.45, 2.75) is 66.3 Å². The van der Waals surface area contributed by atoms with Crippen LogP contribution in [0, 0.1) is 30.6 Å². The Kier molecular flexibility index (Phi) is 10.7. The summed E-state index contributed by atoms with van der Waals surface area (Å²) < 4.78 is 28.8. The van der Waals surface area contributed by atoms with Crippen molar-refractivity contribution in [3.05, 3.63) is 83.1 Å². The van der Waals surface area contributed by atoms with Crippen LogP contribution < -0.4 is 5.32 Å². The molecule has 0 saturated carbocycles. The van der Waals surface area contributed by atoms with Crippen molar-refractivity contribution in [1.82, 2.24) is 14.9 Å². The van der Waals surface area contributed by atoms with Gasteiger partial charge in [0.25, 0.3) is 0 Å². The fourth-order valence-corrected chi connectivity index (χ4v) is 5.48. The lowest BCUT2D eigenvalue weighted by Gasteiger charge is -2.22. The van der Waals surface area contributed by atoms with Crippen LogP contribution in [-0.2, 0) is 6.42 Å². The second-order valence-electron chi connectivity index (χ2n) is 11.1. The largest absolute Gasteiger partial charge is 0.313 e. The van der Waals surface area contributed by atoms with E-state index in [1.54, 1.807) is 0 Å². The summed E-state index contributed by atoms with van der Waals surface area (Å²) in [4.78, 5) is 4.97. The molecule has 2 heterocycles. The molecule has 1 aliphatic rings. The predicted molar refractivity (Wildman–Crippen MR) is 169 cm³/mol. The van der Waals surface area contributed by atoms with Gasteiger partial charge in [-0.15, -0.1) is 0 Å². The van der Waals surface area contributed by atoms with Gasteiger partial charge in [-0.1, -0.05) is 74.1 Å². The first-order valence-corrected chi connectivity index (χ1v) is 14.9. The minimum Gasteiger partial charge on any atom is -0.313 e. The van der Waals surface area contributed by atoms with Crippen LogP contribution in [0.5, 0.6) is 0 Å². The molecule has 1 aliphatic carbocycles. The number of nitrogens with zero attached hydrogens (tertiary/aromatic N) is 2. The smallest absolute Gasteiger partial charge is 0.0962 e. The van der Waals surface area contributed by atoms with Crippen molar-refractivity contribution in [3.8, 4) is 23.2 Å². The molecule has 0 radical (unpaired) electrons. The first-order chi connectivity index (χ1) is 19.9. The molecule has 0 bridgehead atoms. The fraction of sp³-hybridized carbons (Fsp3) is 0.417. The Morgan fingerprint density at radius 3 is 2.51 bits per heavy atom. The van der Waals surface area contributed by atoms with Gasteiger partial charge in [0.1, 0.15) is 0 Å². The maximum atomic E-state index is 13.2. The third-order valence-electron chi connectivity index (χ3n) is 8.13. The van der Waals surface area contributed by atoms with E-state index in [1.807, 2.05) is 13.1 Å². The molecule has 41 heavy (non-hydrogen) atoms. The predicted octanol–water partition coefficient (Wildman–Crippen LogP) is 8.62. The topological polar surface area (TPSA) is 29.9 Å². The molecule has 4 rings (SSSR count). The number of hydrogen-bond donors (Lipinski definition) is 1. The maximum Gasteiger partial charge on any atom is 0.0962 e. The number of halogens is 2. The van der Waals surface area contributed by atoms with E-state index >= 15 is 0 Å². The highest BCUT2D eigenvalue weighted by Crippen LogP contribution is 2.39. The van der Waals surface area contributed by atoms with Crippen LogP contribution in [0.15, 0.2) is 66.4 Å². The van der Waals surface area contributed by atoms with E-state index < -0.39 is 19.3 Å². The van der Waals surface area contributed by atoms with Crippen LogP contribution in [-0.4, -0.2) is 35.5 Å². The van der Waals surface area contributed by atoms with E-state index in [0.29, 0.717) is 13.0 Å². The zero-order valence-electron chi connectivity index (χ0n) is 25.1. The fourth-order valence-electron chi connectivity index (χ4n) is 5.48. The van der Waals surface area contributed by atoms with Crippen molar-refractivity contribution < 1.29 is 8.78 Å². The summed E-state index contributed by atoms with van der Waals surface area (Å²) in [6.45, 7) is 10.0. The van der Waals surface area contributed by atoms with Crippen LogP contribution in [0.25, 0.3) is 28.0 Å². The van der Waals surface area contributed by atoms with Crippen molar-refractivity contribution in [3.63, 3.8) is 0 Å². The lowest BCUT2D eigenvalue weighted by molar-refractivity contribution is 0.224. The monoisotopic (exact) mass is 555 g/mol. The van der Waals surface area contributed by atoms with Gasteiger partial charge in [0.15, 0.2) is 0 Å². The number of allylic oxidation sites excluding steroid dienone is 6. The van der Waals surface area contributed by atoms with Gasteiger partial charge in [-0.2, -0.15) is 0 Å². The number of fused-ring (bicyclic) bond motifs is 1. The van der Waals surface area contributed by atoms with Gasteiger partial charge >= 0.3 is 0 Å². The number of hydrogen-bond acceptors (Lipinski definition) is 2. The standard InChI is InChI=1S/C36H43F2N3/c1-6-8-9-13-30-31-21-25(3)15-18-35(31)41(34-14-11-10-12-26(4)27(34)5)36(30)33-17-16-28(24-40-33)19-20-39-32(7-2)29(22-37)23-38/h10-12,14-18,21,24,27,29,32,39H,6-8,19-20,22-23H2,1-5H3. The Hall–Kier alpha value is -3.49. The molecule has 1 aromatic carbocycles. The highest BCUT2D eigenvalue weighted by molar-refractivity contribution is 5.98. The van der Waals surface area contributed by atoms with Gasteiger partial charge in [-0.25, -0.2) is 0 Å². The second-order valence-corrected chi connectivity index (χ2v) is 11.1. The lowest BCUT2D eigenvalue weighted by Crippen LogP contribution is -2.39. The van der Waals surface area contributed by atoms with Crippen molar-refractivity contribution >= 4 is 16.6 Å². The molecular weight excluding hydrogens is 512 g/mol. The van der Waals surface area contributed by atoms with Crippen molar-refractivity contribution in [1.29, 1.82) is 0 Å². The van der Waals surface area contributed by atoms with Gasteiger partial charge in [0.2, 0.25) is 0 Å². The zero-order valence-corrected chi connectivity index (χ0v) is 25.1. The number of aromatic nitrogens is 2. The first kappa shape index (κ1) is 30.5. The van der Waals surface area contributed by atoms with Crippen LogP contribution in [0.1, 0.15) is 63.6 Å². The van der Waals surface area contributed by atoms with E-state index in [4.69, 9.17) is 4.98 Å². The Morgan fingerprint density at radius 2 is 1.83 bits per heavy atom. The minimum atomic E-state index is -0.643. The molecule has 3 aromatic rings. The third kappa shape index (κ3) is 6.88. The summed E-state index contributed by atoms with van der Waals surface area (Å²) in [5.41, 5.74) is 8.79. The Balaban J connectivity index is 1.77. The highest BCUT2D eigenvalue weighted by atomic mass is 19.1. The van der Waals surface area contributed by atoms with Crippen LogP contribution in [0.3, 0.4) is 0 Å². The number of alkyl halides is 2. The summed E-state index contributed by atoms with van der Waals surface area (Å²) in [5, 5.41) is 4.49. The van der Waals surface area contributed by atoms with E-state index in [1.165, 1.54) is 16.8 Å². The van der Waals surface area contributed by atoms with Gasteiger partial charge < -0.3 is 9.88 Å². The lowest BCUT2D eigenvalue weighted by atomic mass is 9.98. The highest BCUT2D eigenvalue weighted by Gasteiger charge is 2.25. The maximum absolute atomic E-state index is 13.2. The number of nitrogens with one attached hydrogen (secondary N) is 1. The molecule has 2 atom stereocenters. The molecule has 0 saturated heterocycles. The van der Waals surface area contributed by atoms with Crippen LogP contribution >= 0.6 is 0 Å². The van der Waals surface area contributed by atoms with E-state index in [9.17, 15) is 8.78 Å². The second kappa shape index (κ2) is 14.4.